The second kappa shape index (κ2) is 4.59. The normalized spacial score (nSPS) is 22.9. The number of ketones is 1. The number of hydrogen-bond donors (Lipinski definition) is 1. The molecule has 4 heteroatoms. The van der Waals surface area contributed by atoms with Gasteiger partial charge in [-0.15, -0.1) is 0 Å². The second-order valence-electron chi connectivity index (χ2n) is 3.72. The molecule has 1 atom stereocenters. The zero-order valence-electron chi connectivity index (χ0n) is 8.90. The summed E-state index contributed by atoms with van der Waals surface area (Å²) < 4.78 is 4.94. The Bertz CT molecular complexity index is 321. The first-order chi connectivity index (χ1) is 7.33. The van der Waals surface area contributed by atoms with E-state index in [0.29, 0.717) is 5.56 Å². The highest BCUT2D eigenvalue weighted by Crippen LogP contribution is 2.11. The van der Waals surface area contributed by atoms with Gasteiger partial charge in [-0.2, -0.15) is 0 Å². The van der Waals surface area contributed by atoms with Crippen LogP contribution >= 0.6 is 0 Å². The number of hydrogen-bond acceptors (Lipinski definition) is 4. The van der Waals surface area contributed by atoms with Crippen LogP contribution in [0.25, 0.3) is 0 Å². The first-order valence-corrected chi connectivity index (χ1v) is 5.34. The number of carbonyl (C=O) groups is 1. The molecule has 1 aromatic heterocycles. The predicted octanol–water partition coefficient (Wildman–Crippen LogP) is 0.756. The summed E-state index contributed by atoms with van der Waals surface area (Å²) in [5.74, 6) is 0.151. The minimum absolute atomic E-state index is 0.0404. The molecule has 1 unspecified atom stereocenters. The predicted molar refractivity (Wildman–Crippen MR) is 56.9 cm³/mol. The molecule has 0 radical (unpaired) electrons. The van der Waals surface area contributed by atoms with Gasteiger partial charge in [0.2, 0.25) is 0 Å². The van der Waals surface area contributed by atoms with Crippen molar-refractivity contribution in [1.29, 1.82) is 0 Å². The molecule has 4 nitrogen and oxygen atoms in total. The molecular weight excluding hydrogens is 192 g/mol. The molecule has 1 saturated heterocycles. The molecule has 0 spiro atoms. The monoisotopic (exact) mass is 208 g/mol. The van der Waals surface area contributed by atoms with Crippen LogP contribution in [0.4, 0.5) is 0 Å². The van der Waals surface area contributed by atoms with Crippen LogP contribution in [0.3, 0.4) is 0 Å². The zero-order valence-corrected chi connectivity index (χ0v) is 8.90. The second-order valence-corrected chi connectivity index (χ2v) is 3.72. The van der Waals surface area contributed by atoms with E-state index in [1.165, 1.54) is 6.26 Å². The lowest BCUT2D eigenvalue weighted by Gasteiger charge is -2.33. The van der Waals surface area contributed by atoms with Crippen molar-refractivity contribution in [2.45, 2.75) is 13.0 Å². The quantitative estimate of drug-likeness (QED) is 0.745. The van der Waals surface area contributed by atoms with Crippen LogP contribution in [-0.4, -0.2) is 42.9 Å². The Hall–Kier alpha value is -1.13. The van der Waals surface area contributed by atoms with Crippen LogP contribution in [0.15, 0.2) is 23.0 Å². The lowest BCUT2D eigenvalue weighted by molar-refractivity contribution is 0.0783. The van der Waals surface area contributed by atoms with E-state index in [2.05, 4.69) is 17.1 Å². The fraction of sp³-hybridized carbons (Fsp3) is 0.545. The van der Waals surface area contributed by atoms with E-state index in [1.807, 2.05) is 0 Å². The Morgan fingerprint density at radius 1 is 1.73 bits per heavy atom. The molecule has 0 aromatic carbocycles. The lowest BCUT2D eigenvalue weighted by atomic mass is 10.0. The smallest absolute Gasteiger partial charge is 0.184 e. The van der Waals surface area contributed by atoms with Crippen molar-refractivity contribution in [2.75, 3.05) is 26.2 Å². The third-order valence-electron chi connectivity index (χ3n) is 2.87. The van der Waals surface area contributed by atoms with Gasteiger partial charge in [-0.05, 0) is 12.6 Å². The summed E-state index contributed by atoms with van der Waals surface area (Å²) >= 11 is 0. The van der Waals surface area contributed by atoms with E-state index in [9.17, 15) is 4.79 Å². The number of Topliss-reactive ketones (excluding diaryl/α,β-unsaturated/α-hetero) is 1. The molecule has 82 valence electrons. The summed E-state index contributed by atoms with van der Waals surface area (Å²) in [6, 6.07) is 1.69. The Morgan fingerprint density at radius 2 is 2.60 bits per heavy atom. The van der Waals surface area contributed by atoms with E-state index in [0.717, 1.165) is 26.2 Å². The van der Waals surface area contributed by atoms with Gasteiger partial charge < -0.3 is 9.73 Å². The van der Waals surface area contributed by atoms with Crippen molar-refractivity contribution in [3.63, 3.8) is 0 Å². The first kappa shape index (κ1) is 10.4. The van der Waals surface area contributed by atoms with E-state index in [1.54, 1.807) is 12.3 Å². The van der Waals surface area contributed by atoms with Crippen LogP contribution in [0, 0.1) is 0 Å². The van der Waals surface area contributed by atoms with Crippen LogP contribution < -0.4 is 5.32 Å². The van der Waals surface area contributed by atoms with Gasteiger partial charge in [0, 0.05) is 19.6 Å². The van der Waals surface area contributed by atoms with Crippen LogP contribution in [0.2, 0.25) is 0 Å². The summed E-state index contributed by atoms with van der Waals surface area (Å²) in [6.07, 6.45) is 3.06. The highest BCUT2D eigenvalue weighted by atomic mass is 16.3. The first-order valence-electron chi connectivity index (χ1n) is 5.34. The third-order valence-corrected chi connectivity index (χ3v) is 2.87. The number of nitrogens with one attached hydrogen (secondary N) is 1. The molecular formula is C11H16N2O2. The van der Waals surface area contributed by atoms with Crippen molar-refractivity contribution < 1.29 is 9.21 Å². The molecule has 0 amide bonds. The Morgan fingerprint density at radius 3 is 3.27 bits per heavy atom. The van der Waals surface area contributed by atoms with Crippen molar-refractivity contribution in [1.82, 2.24) is 10.2 Å². The average Bonchev–Trinajstić information content (AvgIpc) is 2.81. The number of likely N-dealkylation sites (N-methyl/N-ethyl adjacent to an activating group) is 1. The zero-order chi connectivity index (χ0) is 10.7. The standard InChI is InChI=1S/C11H16N2O2/c1-2-13-5-4-12-7-10(13)11(14)9-3-6-15-8-9/h3,6,8,10,12H,2,4-5,7H2,1H3. The molecule has 1 fully saturated rings. The molecule has 15 heavy (non-hydrogen) atoms. The van der Waals surface area contributed by atoms with E-state index in [-0.39, 0.29) is 11.8 Å². The topological polar surface area (TPSA) is 45.5 Å². The number of furan rings is 1. The van der Waals surface area contributed by atoms with E-state index >= 15 is 0 Å². The lowest BCUT2D eigenvalue weighted by Crippen LogP contribution is -2.54. The Kier molecular flexibility index (Phi) is 3.18. The maximum Gasteiger partial charge on any atom is 0.184 e. The van der Waals surface area contributed by atoms with Gasteiger partial charge in [0.25, 0.3) is 0 Å². The van der Waals surface area contributed by atoms with Crippen LogP contribution in [-0.2, 0) is 0 Å². The van der Waals surface area contributed by atoms with Crippen molar-refractivity contribution >= 4 is 5.78 Å². The third kappa shape index (κ3) is 2.11. The van der Waals surface area contributed by atoms with Gasteiger partial charge in [0.05, 0.1) is 17.9 Å². The minimum Gasteiger partial charge on any atom is -0.472 e. The van der Waals surface area contributed by atoms with Gasteiger partial charge in [-0.1, -0.05) is 6.92 Å². The van der Waals surface area contributed by atoms with Crippen molar-refractivity contribution in [3.8, 4) is 0 Å². The molecule has 0 bridgehead atoms. The van der Waals surface area contributed by atoms with Crippen molar-refractivity contribution in [2.24, 2.45) is 0 Å². The summed E-state index contributed by atoms with van der Waals surface area (Å²) in [6.45, 7) is 5.63. The highest BCUT2D eigenvalue weighted by molar-refractivity contribution is 6.00. The van der Waals surface area contributed by atoms with E-state index < -0.39 is 0 Å². The fourth-order valence-corrected chi connectivity index (χ4v) is 1.98. The summed E-state index contributed by atoms with van der Waals surface area (Å²) in [5.41, 5.74) is 0.669. The van der Waals surface area contributed by atoms with Gasteiger partial charge in [-0.3, -0.25) is 9.69 Å². The minimum atomic E-state index is -0.0404. The number of rotatable bonds is 3. The summed E-state index contributed by atoms with van der Waals surface area (Å²) in [5, 5.41) is 3.25. The van der Waals surface area contributed by atoms with Gasteiger partial charge in [-0.25, -0.2) is 0 Å². The maximum atomic E-state index is 12.1. The number of piperazine rings is 1. The van der Waals surface area contributed by atoms with Crippen molar-refractivity contribution in [3.05, 3.63) is 24.2 Å². The molecule has 1 aromatic rings. The fourth-order valence-electron chi connectivity index (χ4n) is 1.98. The van der Waals surface area contributed by atoms with Gasteiger partial charge >= 0.3 is 0 Å². The highest BCUT2D eigenvalue weighted by Gasteiger charge is 2.28. The van der Waals surface area contributed by atoms with Gasteiger partial charge in [0.15, 0.2) is 5.78 Å². The Labute approximate surface area is 89.2 Å². The molecule has 0 aliphatic carbocycles. The van der Waals surface area contributed by atoms with Crippen LogP contribution in [0.5, 0.6) is 0 Å². The molecule has 1 N–H and O–H groups in total. The largest absolute Gasteiger partial charge is 0.472 e. The average molecular weight is 208 g/mol. The number of nitrogens with zero attached hydrogens (tertiary/aromatic N) is 1. The van der Waals surface area contributed by atoms with Gasteiger partial charge in [0.1, 0.15) is 6.26 Å². The summed E-state index contributed by atoms with van der Waals surface area (Å²) in [4.78, 5) is 14.3. The molecule has 0 saturated carbocycles. The molecule has 1 aliphatic heterocycles. The van der Waals surface area contributed by atoms with E-state index in [4.69, 9.17) is 4.42 Å². The molecule has 2 rings (SSSR count). The maximum absolute atomic E-state index is 12.1. The SMILES string of the molecule is CCN1CCNCC1C(=O)c1ccoc1. The molecule has 1 aliphatic rings. The number of carbonyl (C=O) groups excluding carboxylic acids is 1. The summed E-state index contributed by atoms with van der Waals surface area (Å²) in [7, 11) is 0. The van der Waals surface area contributed by atoms with Crippen LogP contribution in [0.1, 0.15) is 17.3 Å². The Balaban J connectivity index is 2.11. The molecule has 2 heterocycles.